The average molecular weight is 170 g/mol. The van der Waals surface area contributed by atoms with Crippen LogP contribution in [0.4, 0.5) is 0 Å². The molecule has 1 N–H and O–H groups in total. The summed E-state index contributed by atoms with van der Waals surface area (Å²) in [5, 5.41) is 0. The average Bonchev–Trinajstić information content (AvgIpc) is 1.86. The maximum absolute atomic E-state index is 2.93. The number of aryl methyl sites for hydroxylation is 1. The van der Waals surface area contributed by atoms with Crippen LogP contribution in [0.15, 0.2) is 18.5 Å². The molecule has 1 radical (unpaired) electrons. The predicted molar refractivity (Wildman–Crippen MR) is 25.5 cm³/mol. The molecule has 1 aromatic heterocycles. The summed E-state index contributed by atoms with van der Waals surface area (Å²) in [6.45, 7) is 2.05. The van der Waals surface area contributed by atoms with E-state index in [2.05, 4.69) is 11.9 Å². The zero-order valence-corrected chi connectivity index (χ0v) is 7.15. The molecule has 0 bridgehead atoms. The Morgan fingerprint density at radius 3 is 2.43 bits per heavy atom. The SMILES string of the molecule is Cc1cc[nH]c1.[Y]. The molecule has 7 heavy (non-hydrogen) atoms. The predicted octanol–water partition coefficient (Wildman–Crippen LogP) is 1.32. The van der Waals surface area contributed by atoms with Crippen molar-refractivity contribution in [3.05, 3.63) is 24.0 Å². The molecule has 0 aromatic carbocycles. The third kappa shape index (κ3) is 2.25. The molecular formula is C5H7NY. The number of rotatable bonds is 0. The number of H-pyrrole nitrogens is 1. The molecule has 35 valence electrons. The number of aromatic nitrogens is 1. The van der Waals surface area contributed by atoms with Gasteiger partial charge in [0.05, 0.1) is 0 Å². The van der Waals surface area contributed by atoms with Crippen LogP contribution < -0.4 is 0 Å². The molecule has 2 heteroatoms. The van der Waals surface area contributed by atoms with Crippen molar-refractivity contribution in [3.63, 3.8) is 0 Å². The third-order valence-electron chi connectivity index (χ3n) is 0.753. The molecule has 0 saturated carbocycles. The fraction of sp³-hybridized carbons (Fsp3) is 0.200. The maximum Gasteiger partial charge on any atom is 0.00345 e. The van der Waals surface area contributed by atoms with E-state index in [1.165, 1.54) is 5.56 Å². The van der Waals surface area contributed by atoms with Gasteiger partial charge < -0.3 is 4.98 Å². The summed E-state index contributed by atoms with van der Waals surface area (Å²) in [5.41, 5.74) is 1.29. The largest absolute Gasteiger partial charge is 0.367 e. The Morgan fingerprint density at radius 2 is 2.29 bits per heavy atom. The van der Waals surface area contributed by atoms with Crippen molar-refractivity contribution in [1.82, 2.24) is 4.98 Å². The Balaban J connectivity index is 0.000000360. The Bertz CT molecular complexity index is 112. The molecule has 0 aliphatic carbocycles. The molecule has 1 heterocycles. The van der Waals surface area contributed by atoms with Gasteiger partial charge in [0.2, 0.25) is 0 Å². The van der Waals surface area contributed by atoms with Gasteiger partial charge in [0.1, 0.15) is 0 Å². The molecule has 0 atom stereocenters. The van der Waals surface area contributed by atoms with Crippen molar-refractivity contribution >= 4 is 0 Å². The molecule has 0 aliphatic heterocycles. The normalized spacial score (nSPS) is 7.57. The van der Waals surface area contributed by atoms with Crippen LogP contribution in [-0.4, -0.2) is 4.98 Å². The molecule has 0 spiro atoms. The van der Waals surface area contributed by atoms with Crippen LogP contribution in [0.1, 0.15) is 5.56 Å². The van der Waals surface area contributed by atoms with Gasteiger partial charge >= 0.3 is 0 Å². The summed E-state index contributed by atoms with van der Waals surface area (Å²) in [6.07, 6.45) is 3.87. The Labute approximate surface area is 68.4 Å². The standard InChI is InChI=1S/C5H7N.Y/c1-5-2-3-6-4-5;/h2-4,6H,1H3;. The first kappa shape index (κ1) is 7.38. The van der Waals surface area contributed by atoms with Crippen molar-refractivity contribution in [3.8, 4) is 0 Å². The topological polar surface area (TPSA) is 15.8 Å². The van der Waals surface area contributed by atoms with Gasteiger partial charge in [0.15, 0.2) is 0 Å². The van der Waals surface area contributed by atoms with E-state index in [1.807, 2.05) is 18.5 Å². The first-order valence-electron chi connectivity index (χ1n) is 1.99. The smallest absolute Gasteiger partial charge is 0.00345 e. The Morgan fingerprint density at radius 1 is 1.57 bits per heavy atom. The van der Waals surface area contributed by atoms with Gasteiger partial charge in [-0.2, -0.15) is 0 Å². The van der Waals surface area contributed by atoms with Crippen LogP contribution in [0, 0.1) is 6.92 Å². The van der Waals surface area contributed by atoms with Crippen molar-refractivity contribution in [2.24, 2.45) is 0 Å². The summed E-state index contributed by atoms with van der Waals surface area (Å²) >= 11 is 0. The molecule has 1 aromatic rings. The van der Waals surface area contributed by atoms with E-state index in [0.29, 0.717) is 0 Å². The van der Waals surface area contributed by atoms with Crippen LogP contribution in [0.25, 0.3) is 0 Å². The summed E-state index contributed by atoms with van der Waals surface area (Å²) < 4.78 is 0. The second-order valence-corrected chi connectivity index (χ2v) is 1.39. The van der Waals surface area contributed by atoms with Gasteiger partial charge in [0, 0.05) is 45.1 Å². The minimum Gasteiger partial charge on any atom is -0.367 e. The summed E-state index contributed by atoms with van der Waals surface area (Å²) in [4.78, 5) is 2.93. The quantitative estimate of drug-likeness (QED) is 0.604. The zero-order valence-electron chi connectivity index (χ0n) is 4.31. The molecule has 0 saturated heterocycles. The molecule has 0 fully saturated rings. The molecule has 0 aliphatic rings. The van der Waals surface area contributed by atoms with Gasteiger partial charge in [0.25, 0.3) is 0 Å². The van der Waals surface area contributed by atoms with E-state index in [1.54, 1.807) is 0 Å². The van der Waals surface area contributed by atoms with E-state index >= 15 is 0 Å². The van der Waals surface area contributed by atoms with Crippen molar-refractivity contribution in [1.29, 1.82) is 0 Å². The van der Waals surface area contributed by atoms with Crippen molar-refractivity contribution in [2.75, 3.05) is 0 Å². The third-order valence-corrected chi connectivity index (χ3v) is 0.753. The van der Waals surface area contributed by atoms with E-state index in [-0.39, 0.29) is 32.7 Å². The second kappa shape index (κ2) is 3.39. The van der Waals surface area contributed by atoms with Gasteiger partial charge in [-0.3, -0.25) is 0 Å². The Kier molecular flexibility index (Phi) is 3.58. The van der Waals surface area contributed by atoms with E-state index in [9.17, 15) is 0 Å². The minimum absolute atomic E-state index is 0. The van der Waals surface area contributed by atoms with E-state index in [0.717, 1.165) is 0 Å². The number of nitrogens with one attached hydrogen (secondary N) is 1. The fourth-order valence-corrected chi connectivity index (χ4v) is 0.407. The fourth-order valence-electron chi connectivity index (χ4n) is 0.407. The number of hydrogen-bond acceptors (Lipinski definition) is 0. The molecule has 0 amide bonds. The van der Waals surface area contributed by atoms with E-state index in [4.69, 9.17) is 0 Å². The molecule has 0 unspecified atom stereocenters. The van der Waals surface area contributed by atoms with Gasteiger partial charge in [-0.1, -0.05) is 0 Å². The molecule has 1 rings (SSSR count). The molecule has 1 nitrogen and oxygen atoms in total. The van der Waals surface area contributed by atoms with Crippen LogP contribution in [0.3, 0.4) is 0 Å². The summed E-state index contributed by atoms with van der Waals surface area (Å²) in [6, 6.07) is 2.03. The van der Waals surface area contributed by atoms with Gasteiger partial charge in [-0.05, 0) is 18.6 Å². The maximum atomic E-state index is 2.93. The van der Waals surface area contributed by atoms with Gasteiger partial charge in [-0.15, -0.1) is 0 Å². The summed E-state index contributed by atoms with van der Waals surface area (Å²) in [5.74, 6) is 0. The first-order chi connectivity index (χ1) is 2.89. The number of hydrogen-bond donors (Lipinski definition) is 1. The van der Waals surface area contributed by atoms with Crippen LogP contribution in [0.5, 0.6) is 0 Å². The van der Waals surface area contributed by atoms with Crippen LogP contribution in [0.2, 0.25) is 0 Å². The van der Waals surface area contributed by atoms with Gasteiger partial charge in [-0.25, -0.2) is 0 Å². The Hall–Kier alpha value is 0.384. The second-order valence-electron chi connectivity index (χ2n) is 1.39. The number of aromatic amines is 1. The van der Waals surface area contributed by atoms with Crippen LogP contribution >= 0.6 is 0 Å². The molecular weight excluding hydrogens is 163 g/mol. The zero-order chi connectivity index (χ0) is 4.41. The van der Waals surface area contributed by atoms with Crippen LogP contribution in [-0.2, 0) is 32.7 Å². The summed E-state index contributed by atoms with van der Waals surface area (Å²) in [7, 11) is 0. The van der Waals surface area contributed by atoms with E-state index < -0.39 is 0 Å². The van der Waals surface area contributed by atoms with Crippen molar-refractivity contribution in [2.45, 2.75) is 6.92 Å². The minimum atomic E-state index is 0. The first-order valence-corrected chi connectivity index (χ1v) is 1.99. The van der Waals surface area contributed by atoms with Crippen molar-refractivity contribution < 1.29 is 32.7 Å². The monoisotopic (exact) mass is 170 g/mol.